The number of piperazine rings is 1. The molecule has 1 aliphatic rings. The second-order valence-corrected chi connectivity index (χ2v) is 6.75. The van der Waals surface area contributed by atoms with Gasteiger partial charge in [0.25, 0.3) is 5.91 Å². The summed E-state index contributed by atoms with van der Waals surface area (Å²) in [6, 6.07) is 7.72. The highest BCUT2D eigenvalue weighted by Crippen LogP contribution is 2.20. The lowest BCUT2D eigenvalue weighted by Crippen LogP contribution is -2.48. The Kier molecular flexibility index (Phi) is 5.63. The number of nitrogens with zero attached hydrogens (tertiary/aromatic N) is 2. The molecule has 3 rings (SSSR count). The number of carbonyl (C=O) groups excluding carboxylic acids is 1. The fraction of sp³-hybridized carbons (Fsp3) is 0.474. The zero-order valence-corrected chi connectivity index (χ0v) is 14.9. The second-order valence-electron chi connectivity index (χ2n) is 6.75. The summed E-state index contributed by atoms with van der Waals surface area (Å²) in [5.41, 5.74) is 3.33. The van der Waals surface area contributed by atoms with Crippen molar-refractivity contribution in [2.45, 2.75) is 20.0 Å². The van der Waals surface area contributed by atoms with Gasteiger partial charge in [0.2, 0.25) is 0 Å². The van der Waals surface area contributed by atoms with Crippen molar-refractivity contribution in [1.82, 2.24) is 20.5 Å². The molecular weight excluding hydrogens is 316 g/mol. The van der Waals surface area contributed by atoms with Crippen LogP contribution in [-0.2, 0) is 0 Å². The van der Waals surface area contributed by atoms with Crippen LogP contribution in [0.15, 0.2) is 24.3 Å². The third-order valence-corrected chi connectivity index (χ3v) is 4.51. The van der Waals surface area contributed by atoms with Crippen LogP contribution >= 0.6 is 0 Å². The Morgan fingerprint density at radius 2 is 2.08 bits per heavy atom. The lowest BCUT2D eigenvalue weighted by molar-refractivity contribution is 0.0843. The van der Waals surface area contributed by atoms with E-state index in [1.807, 2.05) is 32.0 Å². The van der Waals surface area contributed by atoms with Crippen LogP contribution in [0.2, 0.25) is 0 Å². The molecule has 25 heavy (non-hydrogen) atoms. The van der Waals surface area contributed by atoms with E-state index in [2.05, 4.69) is 20.5 Å². The molecule has 6 nitrogen and oxygen atoms in total. The van der Waals surface area contributed by atoms with Gasteiger partial charge in [-0.25, -0.2) is 0 Å². The predicted octanol–water partition coefficient (Wildman–Crippen LogP) is 0.848. The van der Waals surface area contributed by atoms with Crippen LogP contribution in [0.5, 0.6) is 0 Å². The molecule has 1 aromatic heterocycles. The normalized spacial score (nSPS) is 16.8. The largest absolute Gasteiger partial charge is 0.390 e. The number of amides is 1. The van der Waals surface area contributed by atoms with Crippen molar-refractivity contribution in [3.63, 3.8) is 0 Å². The quantitative estimate of drug-likeness (QED) is 0.751. The third-order valence-electron chi connectivity index (χ3n) is 4.51. The van der Waals surface area contributed by atoms with Gasteiger partial charge in [-0.15, -0.1) is 0 Å². The highest BCUT2D eigenvalue weighted by Gasteiger charge is 2.17. The molecule has 0 aliphatic carbocycles. The van der Waals surface area contributed by atoms with Crippen molar-refractivity contribution in [3.05, 3.63) is 41.1 Å². The summed E-state index contributed by atoms with van der Waals surface area (Å²) >= 11 is 0. The summed E-state index contributed by atoms with van der Waals surface area (Å²) in [6.07, 6.45) is -0.571. The van der Waals surface area contributed by atoms with Crippen molar-refractivity contribution in [2.24, 2.45) is 0 Å². The zero-order valence-electron chi connectivity index (χ0n) is 14.9. The number of aryl methyl sites for hydroxylation is 2. The first-order chi connectivity index (χ1) is 12.0. The molecule has 0 bridgehead atoms. The van der Waals surface area contributed by atoms with E-state index in [4.69, 9.17) is 0 Å². The van der Waals surface area contributed by atoms with Gasteiger partial charge >= 0.3 is 0 Å². The summed E-state index contributed by atoms with van der Waals surface area (Å²) in [5, 5.41) is 17.2. The average Bonchev–Trinajstić information content (AvgIpc) is 2.60. The second kappa shape index (κ2) is 7.91. The molecule has 2 heterocycles. The van der Waals surface area contributed by atoms with Crippen molar-refractivity contribution in [2.75, 3.05) is 39.3 Å². The molecule has 3 N–H and O–H groups in total. The zero-order chi connectivity index (χ0) is 17.8. The minimum Gasteiger partial charge on any atom is -0.390 e. The number of hydrogen-bond acceptors (Lipinski definition) is 5. The number of benzene rings is 1. The van der Waals surface area contributed by atoms with E-state index in [-0.39, 0.29) is 12.5 Å². The topological polar surface area (TPSA) is 77.5 Å². The minimum atomic E-state index is -0.571. The van der Waals surface area contributed by atoms with Crippen LogP contribution in [0.25, 0.3) is 10.9 Å². The average molecular weight is 342 g/mol. The number of fused-ring (bicyclic) bond motifs is 1. The van der Waals surface area contributed by atoms with Crippen LogP contribution in [0.4, 0.5) is 0 Å². The van der Waals surface area contributed by atoms with Crippen LogP contribution in [0.3, 0.4) is 0 Å². The first-order valence-electron chi connectivity index (χ1n) is 8.80. The van der Waals surface area contributed by atoms with E-state index in [0.29, 0.717) is 12.1 Å². The summed E-state index contributed by atoms with van der Waals surface area (Å²) in [5.74, 6) is -0.166. The van der Waals surface area contributed by atoms with Gasteiger partial charge < -0.3 is 15.7 Å². The monoisotopic (exact) mass is 342 g/mol. The fourth-order valence-electron chi connectivity index (χ4n) is 3.22. The summed E-state index contributed by atoms with van der Waals surface area (Å²) in [6.45, 7) is 8.46. The van der Waals surface area contributed by atoms with E-state index in [0.717, 1.165) is 48.3 Å². The van der Waals surface area contributed by atoms with Gasteiger partial charge in [-0.2, -0.15) is 0 Å². The predicted molar refractivity (Wildman–Crippen MR) is 98.9 cm³/mol. The van der Waals surface area contributed by atoms with E-state index in [1.54, 1.807) is 6.07 Å². The van der Waals surface area contributed by atoms with Crippen molar-refractivity contribution in [3.8, 4) is 0 Å². The molecule has 0 spiro atoms. The van der Waals surface area contributed by atoms with Crippen molar-refractivity contribution >= 4 is 16.8 Å². The van der Waals surface area contributed by atoms with Crippen LogP contribution < -0.4 is 10.6 Å². The van der Waals surface area contributed by atoms with E-state index < -0.39 is 6.10 Å². The number of aliphatic hydroxyl groups excluding tert-OH is 1. The highest BCUT2D eigenvalue weighted by molar-refractivity contribution is 6.06. The van der Waals surface area contributed by atoms with Crippen LogP contribution in [-0.4, -0.2) is 66.3 Å². The van der Waals surface area contributed by atoms with Gasteiger partial charge in [0.15, 0.2) is 0 Å². The van der Waals surface area contributed by atoms with E-state index >= 15 is 0 Å². The maximum Gasteiger partial charge on any atom is 0.252 e. The molecule has 1 saturated heterocycles. The summed E-state index contributed by atoms with van der Waals surface area (Å²) in [4.78, 5) is 19.3. The molecule has 2 aromatic rings. The Bertz CT molecular complexity index is 756. The molecule has 1 aromatic carbocycles. The van der Waals surface area contributed by atoms with Gasteiger partial charge in [0, 0.05) is 50.3 Å². The number of rotatable bonds is 5. The number of carbonyl (C=O) groups is 1. The first kappa shape index (κ1) is 17.8. The maximum absolute atomic E-state index is 12.6. The number of β-amino-alcohol motifs (C(OH)–C–C–N with tert-alkyl or cyclic N) is 1. The molecule has 1 fully saturated rings. The number of pyridine rings is 1. The molecule has 1 amide bonds. The molecule has 134 valence electrons. The molecular formula is C19H26N4O2. The van der Waals surface area contributed by atoms with Gasteiger partial charge in [-0.1, -0.05) is 11.6 Å². The molecule has 0 radical (unpaired) electrons. The first-order valence-corrected chi connectivity index (χ1v) is 8.80. The standard InChI is InChI=1S/C19H26N4O2/c1-13-3-4-18-16(9-13)17(10-14(2)22-18)19(25)21-11-15(24)12-23-7-5-20-6-8-23/h3-4,9-10,15,20,24H,5-8,11-12H2,1-2H3,(H,21,25)/t15-/m1/s1. The van der Waals surface area contributed by atoms with Crippen LogP contribution in [0, 0.1) is 13.8 Å². The Morgan fingerprint density at radius 1 is 1.32 bits per heavy atom. The Labute approximate surface area is 148 Å². The molecule has 1 atom stereocenters. The van der Waals surface area contributed by atoms with Crippen molar-refractivity contribution in [1.29, 1.82) is 0 Å². The Hall–Kier alpha value is -2.02. The van der Waals surface area contributed by atoms with E-state index in [9.17, 15) is 9.90 Å². The van der Waals surface area contributed by atoms with Gasteiger partial charge in [0.1, 0.15) is 0 Å². The number of nitrogens with one attached hydrogen (secondary N) is 2. The van der Waals surface area contributed by atoms with Gasteiger partial charge in [-0.3, -0.25) is 14.7 Å². The number of aromatic nitrogens is 1. The van der Waals surface area contributed by atoms with Crippen LogP contribution in [0.1, 0.15) is 21.6 Å². The van der Waals surface area contributed by atoms with Crippen molar-refractivity contribution < 1.29 is 9.90 Å². The van der Waals surface area contributed by atoms with E-state index in [1.165, 1.54) is 0 Å². The molecule has 6 heteroatoms. The summed E-state index contributed by atoms with van der Waals surface area (Å²) in [7, 11) is 0. The Balaban J connectivity index is 1.66. The molecule has 1 aliphatic heterocycles. The molecule has 0 unspecified atom stereocenters. The summed E-state index contributed by atoms with van der Waals surface area (Å²) < 4.78 is 0. The minimum absolute atomic E-state index is 0.166. The van der Waals surface area contributed by atoms with Gasteiger partial charge in [-0.05, 0) is 32.0 Å². The highest BCUT2D eigenvalue weighted by atomic mass is 16.3. The lowest BCUT2D eigenvalue weighted by Gasteiger charge is -2.29. The Morgan fingerprint density at radius 3 is 2.84 bits per heavy atom. The van der Waals surface area contributed by atoms with Gasteiger partial charge in [0.05, 0.1) is 17.2 Å². The number of hydrogen-bond donors (Lipinski definition) is 3. The smallest absolute Gasteiger partial charge is 0.252 e. The molecule has 0 saturated carbocycles. The number of aliphatic hydroxyl groups is 1. The third kappa shape index (κ3) is 4.54. The fourth-order valence-corrected chi connectivity index (χ4v) is 3.22. The maximum atomic E-state index is 12.6. The SMILES string of the molecule is Cc1ccc2nc(C)cc(C(=O)NC[C@@H](O)CN3CCNCC3)c2c1. The lowest BCUT2D eigenvalue weighted by atomic mass is 10.0.